The van der Waals surface area contributed by atoms with E-state index >= 15 is 0 Å². The molecule has 0 spiro atoms. The molecule has 0 radical (unpaired) electrons. The monoisotopic (exact) mass is 289 g/mol. The van der Waals surface area contributed by atoms with Crippen LogP contribution in [-0.4, -0.2) is 29.0 Å². The minimum absolute atomic E-state index is 0.00963. The van der Waals surface area contributed by atoms with Crippen molar-refractivity contribution in [2.24, 2.45) is 23.7 Å². The van der Waals surface area contributed by atoms with Crippen molar-refractivity contribution in [3.8, 4) is 0 Å². The third-order valence-corrected chi connectivity index (χ3v) is 2.91. The number of aliphatic hydroxyl groups is 1. The maximum absolute atomic E-state index is 10.0. The number of carbonyl (C=O) groups is 1. The van der Waals surface area contributed by atoms with Crippen molar-refractivity contribution in [1.82, 2.24) is 0 Å². The van der Waals surface area contributed by atoms with Gasteiger partial charge in [-0.3, -0.25) is 10.1 Å². The third-order valence-electron chi connectivity index (χ3n) is 2.91. The highest BCUT2D eigenvalue weighted by Gasteiger charge is 2.20. The van der Waals surface area contributed by atoms with Gasteiger partial charge in [0, 0.05) is 10.8 Å². The molecule has 0 saturated carbocycles. The highest BCUT2D eigenvalue weighted by atomic mass is 16.6. The van der Waals surface area contributed by atoms with Crippen molar-refractivity contribution in [3.05, 3.63) is 10.1 Å². The molecule has 0 aromatic rings. The fraction of sp³-hybridized carbons (Fsp3) is 0.933. The second-order valence-electron chi connectivity index (χ2n) is 6.43. The predicted molar refractivity (Wildman–Crippen MR) is 81.2 cm³/mol. The Labute approximate surface area is 122 Å². The minimum atomic E-state index is -0.803. The zero-order valence-corrected chi connectivity index (χ0v) is 13.7. The van der Waals surface area contributed by atoms with Crippen molar-refractivity contribution in [2.45, 2.75) is 60.5 Å². The van der Waals surface area contributed by atoms with E-state index in [-0.39, 0.29) is 18.4 Å². The van der Waals surface area contributed by atoms with Crippen molar-refractivity contribution >= 4 is 6.29 Å². The molecule has 0 aromatic heterocycles. The number of rotatable bonds is 8. The molecular weight excluding hydrogens is 258 g/mol. The number of aliphatic hydroxyl groups excluding tert-OH is 1. The number of hydrogen-bond donors (Lipinski definition) is 1. The molecule has 3 unspecified atom stereocenters. The van der Waals surface area contributed by atoms with Crippen LogP contribution in [0.15, 0.2) is 0 Å². The van der Waals surface area contributed by atoms with E-state index in [0.29, 0.717) is 11.8 Å². The van der Waals surface area contributed by atoms with Gasteiger partial charge in [0.25, 0.3) is 0 Å². The number of nitrogens with zero attached hydrogens (tertiary/aromatic N) is 1. The molecule has 0 bridgehead atoms. The lowest BCUT2D eigenvalue weighted by molar-refractivity contribution is -0.492. The van der Waals surface area contributed by atoms with Gasteiger partial charge in [-0.05, 0) is 30.6 Å². The maximum Gasteiger partial charge on any atom is 0.229 e. The van der Waals surface area contributed by atoms with Gasteiger partial charge in [0.15, 0.2) is 0 Å². The fourth-order valence-corrected chi connectivity index (χ4v) is 2.03. The largest absolute Gasteiger partial charge is 0.386 e. The Morgan fingerprint density at radius 3 is 1.75 bits per heavy atom. The molecule has 20 heavy (non-hydrogen) atoms. The molecule has 0 amide bonds. The molecule has 0 rings (SSSR count). The van der Waals surface area contributed by atoms with E-state index in [1.54, 1.807) is 0 Å². The van der Waals surface area contributed by atoms with Gasteiger partial charge in [0.1, 0.15) is 12.4 Å². The topological polar surface area (TPSA) is 80.4 Å². The quantitative estimate of drug-likeness (QED) is 0.423. The van der Waals surface area contributed by atoms with Crippen molar-refractivity contribution in [3.63, 3.8) is 0 Å². The minimum Gasteiger partial charge on any atom is -0.386 e. The molecule has 5 nitrogen and oxygen atoms in total. The fourth-order valence-electron chi connectivity index (χ4n) is 2.03. The van der Waals surface area contributed by atoms with E-state index in [1.807, 2.05) is 27.7 Å². The van der Waals surface area contributed by atoms with E-state index in [0.717, 1.165) is 19.1 Å². The SMILES string of the molecule is CC(C)CC(C)C(O)C[N+](=O)[O-].CC(C)CC(C)C=O. The molecule has 0 heterocycles. The van der Waals surface area contributed by atoms with Crippen LogP contribution in [0, 0.1) is 33.8 Å². The van der Waals surface area contributed by atoms with Gasteiger partial charge in [-0.25, -0.2) is 0 Å². The summed E-state index contributed by atoms with van der Waals surface area (Å²) in [5, 5.41) is 19.3. The second-order valence-corrected chi connectivity index (χ2v) is 6.43. The lowest BCUT2D eigenvalue weighted by atomic mass is 9.94. The first-order chi connectivity index (χ1) is 9.09. The normalized spacial score (nSPS) is 15.2. The molecule has 0 aromatic carbocycles. The Balaban J connectivity index is 0. The highest BCUT2D eigenvalue weighted by molar-refractivity contribution is 5.52. The van der Waals surface area contributed by atoms with Crippen molar-refractivity contribution in [2.75, 3.05) is 6.54 Å². The standard InChI is InChI=1S/C8H17NO3.C7H14O/c1-6(2)4-7(3)8(10)5-9(11)12;1-6(2)4-7(3)5-8/h6-8,10H,4-5H2,1-3H3;5-7H,4H2,1-3H3. The maximum atomic E-state index is 10.0. The molecule has 0 aliphatic heterocycles. The zero-order chi connectivity index (χ0) is 16.3. The van der Waals surface area contributed by atoms with Crippen LogP contribution in [0.25, 0.3) is 0 Å². The van der Waals surface area contributed by atoms with E-state index in [1.165, 1.54) is 0 Å². The number of nitro groups is 1. The van der Waals surface area contributed by atoms with Crippen LogP contribution in [-0.2, 0) is 4.79 Å². The molecule has 0 aliphatic rings. The lowest BCUT2D eigenvalue weighted by Crippen LogP contribution is -2.27. The smallest absolute Gasteiger partial charge is 0.229 e. The molecule has 5 heteroatoms. The summed E-state index contributed by atoms with van der Waals surface area (Å²) in [6, 6.07) is 0. The summed E-state index contributed by atoms with van der Waals surface area (Å²) in [6.07, 6.45) is 2.06. The van der Waals surface area contributed by atoms with Crippen LogP contribution in [0.1, 0.15) is 54.4 Å². The summed E-state index contributed by atoms with van der Waals surface area (Å²) in [4.78, 5) is 19.6. The number of carbonyl (C=O) groups excluding carboxylic acids is 1. The first-order valence-electron chi connectivity index (χ1n) is 7.35. The van der Waals surface area contributed by atoms with E-state index in [4.69, 9.17) is 0 Å². The number of aldehydes is 1. The van der Waals surface area contributed by atoms with Crippen LogP contribution in [0.3, 0.4) is 0 Å². The summed E-state index contributed by atoms with van der Waals surface area (Å²) in [7, 11) is 0. The van der Waals surface area contributed by atoms with Crippen molar-refractivity contribution in [1.29, 1.82) is 0 Å². The average Bonchev–Trinajstić information content (AvgIpc) is 2.26. The van der Waals surface area contributed by atoms with Gasteiger partial charge >= 0.3 is 0 Å². The first kappa shape index (κ1) is 21.3. The predicted octanol–water partition coefficient (Wildman–Crippen LogP) is 3.17. The molecule has 0 saturated heterocycles. The van der Waals surface area contributed by atoms with Gasteiger partial charge in [-0.1, -0.05) is 41.5 Å². The second kappa shape index (κ2) is 11.8. The van der Waals surface area contributed by atoms with Gasteiger partial charge in [-0.2, -0.15) is 0 Å². The molecule has 1 N–H and O–H groups in total. The van der Waals surface area contributed by atoms with Crippen LogP contribution >= 0.6 is 0 Å². The lowest BCUT2D eigenvalue weighted by Gasteiger charge is -2.16. The average molecular weight is 289 g/mol. The van der Waals surface area contributed by atoms with Crippen molar-refractivity contribution < 1.29 is 14.8 Å². The van der Waals surface area contributed by atoms with E-state index in [2.05, 4.69) is 13.8 Å². The Kier molecular flexibility index (Phi) is 12.6. The molecule has 3 atom stereocenters. The Hall–Kier alpha value is -0.970. The Morgan fingerprint density at radius 2 is 1.50 bits per heavy atom. The van der Waals surface area contributed by atoms with E-state index < -0.39 is 11.0 Å². The van der Waals surface area contributed by atoms with Gasteiger partial charge in [0.05, 0.1) is 0 Å². The van der Waals surface area contributed by atoms with E-state index in [9.17, 15) is 20.0 Å². The summed E-state index contributed by atoms with van der Waals surface area (Å²) in [6.45, 7) is 11.8. The Bertz CT molecular complexity index is 267. The van der Waals surface area contributed by atoms with Gasteiger partial charge in [-0.15, -0.1) is 0 Å². The first-order valence-corrected chi connectivity index (χ1v) is 7.35. The third kappa shape index (κ3) is 15.1. The van der Waals surface area contributed by atoms with Gasteiger partial charge < -0.3 is 9.90 Å². The molecule has 0 aliphatic carbocycles. The van der Waals surface area contributed by atoms with Crippen LogP contribution in [0.2, 0.25) is 0 Å². The van der Waals surface area contributed by atoms with Crippen LogP contribution in [0.5, 0.6) is 0 Å². The summed E-state index contributed by atoms with van der Waals surface area (Å²) >= 11 is 0. The van der Waals surface area contributed by atoms with Crippen LogP contribution < -0.4 is 0 Å². The zero-order valence-electron chi connectivity index (χ0n) is 13.7. The van der Waals surface area contributed by atoms with Gasteiger partial charge in [0.2, 0.25) is 6.54 Å². The Morgan fingerprint density at radius 1 is 1.05 bits per heavy atom. The summed E-state index contributed by atoms with van der Waals surface area (Å²) in [5.74, 6) is 1.38. The molecule has 120 valence electrons. The summed E-state index contributed by atoms with van der Waals surface area (Å²) < 4.78 is 0. The highest BCUT2D eigenvalue weighted by Crippen LogP contribution is 2.14. The molecule has 0 fully saturated rings. The molecular formula is C15H31NO4. The van der Waals surface area contributed by atoms with Crippen LogP contribution in [0.4, 0.5) is 0 Å². The summed E-state index contributed by atoms with van der Waals surface area (Å²) in [5.41, 5.74) is 0. The number of hydrogen-bond acceptors (Lipinski definition) is 4.